The topological polar surface area (TPSA) is 41.9 Å². The number of rotatable bonds is 4. The Morgan fingerprint density at radius 1 is 0.789 bits per heavy atom. The summed E-state index contributed by atoms with van der Waals surface area (Å²) in [7, 11) is 3.76. The zero-order valence-electron chi connectivity index (χ0n) is 11.0. The van der Waals surface area contributed by atoms with Gasteiger partial charge in [0.15, 0.2) is 36.4 Å². The highest BCUT2D eigenvalue weighted by Crippen LogP contribution is 2.06. The fourth-order valence-corrected chi connectivity index (χ4v) is 1.72. The van der Waals surface area contributed by atoms with Crippen LogP contribution in [0.3, 0.4) is 0 Å². The summed E-state index contributed by atoms with van der Waals surface area (Å²) in [4.78, 5) is 23.9. The number of hydrogen-bond acceptors (Lipinski definition) is 2. The highest BCUT2D eigenvalue weighted by molar-refractivity contribution is 6.13. The summed E-state index contributed by atoms with van der Waals surface area (Å²) in [5, 5.41) is 0. The third kappa shape index (κ3) is 3.31. The van der Waals surface area contributed by atoms with E-state index in [9.17, 15) is 9.59 Å². The average molecular weight is 256 g/mol. The monoisotopic (exact) mass is 256 g/mol. The Bertz CT molecular complexity index is 546. The molecule has 0 unspecified atom stereocenters. The predicted molar refractivity (Wildman–Crippen MR) is 68.5 cm³/mol. The SMILES string of the molecule is C[n+]1ccc(C(=O)CC(=O)c2cc[n+](C)cc2)cc1. The van der Waals surface area contributed by atoms with Crippen LogP contribution in [-0.4, -0.2) is 11.6 Å². The number of carbonyl (C=O) groups is 2. The van der Waals surface area contributed by atoms with Gasteiger partial charge in [-0.05, 0) is 0 Å². The van der Waals surface area contributed by atoms with Crippen molar-refractivity contribution in [3.63, 3.8) is 0 Å². The van der Waals surface area contributed by atoms with Crippen molar-refractivity contribution in [1.29, 1.82) is 0 Å². The number of aromatic nitrogens is 2. The van der Waals surface area contributed by atoms with E-state index in [-0.39, 0.29) is 18.0 Å². The minimum absolute atomic E-state index is 0.0958. The van der Waals surface area contributed by atoms with Crippen molar-refractivity contribution >= 4 is 11.6 Å². The maximum Gasteiger partial charge on any atom is 0.171 e. The van der Waals surface area contributed by atoms with E-state index in [0.717, 1.165) is 0 Å². The molecule has 0 atom stereocenters. The molecule has 19 heavy (non-hydrogen) atoms. The summed E-state index contributed by atoms with van der Waals surface area (Å²) in [6.45, 7) is 0. The van der Waals surface area contributed by atoms with Crippen molar-refractivity contribution in [1.82, 2.24) is 0 Å². The Labute approximate surface area is 111 Å². The van der Waals surface area contributed by atoms with Crippen LogP contribution in [0.25, 0.3) is 0 Å². The molecule has 0 radical (unpaired) electrons. The molecule has 0 saturated heterocycles. The first-order valence-corrected chi connectivity index (χ1v) is 6.03. The molecule has 2 rings (SSSR count). The summed E-state index contributed by atoms with van der Waals surface area (Å²) >= 11 is 0. The molecule has 4 heteroatoms. The van der Waals surface area contributed by atoms with E-state index in [2.05, 4.69) is 0 Å². The summed E-state index contributed by atoms with van der Waals surface area (Å²) in [5.74, 6) is -0.308. The average Bonchev–Trinajstić information content (AvgIpc) is 2.40. The molecule has 0 N–H and O–H groups in total. The van der Waals surface area contributed by atoms with Crippen LogP contribution in [0, 0.1) is 0 Å². The lowest BCUT2D eigenvalue weighted by Crippen LogP contribution is -2.27. The molecule has 0 aliphatic heterocycles. The minimum atomic E-state index is -0.154. The lowest BCUT2D eigenvalue weighted by molar-refractivity contribution is -0.671. The van der Waals surface area contributed by atoms with Crippen LogP contribution in [0.1, 0.15) is 27.1 Å². The molecule has 0 aromatic carbocycles. The van der Waals surface area contributed by atoms with E-state index in [1.165, 1.54) is 0 Å². The van der Waals surface area contributed by atoms with Gasteiger partial charge in [0.05, 0.1) is 6.42 Å². The third-order valence-corrected chi connectivity index (χ3v) is 2.92. The zero-order valence-corrected chi connectivity index (χ0v) is 11.0. The fourth-order valence-electron chi connectivity index (χ4n) is 1.72. The quantitative estimate of drug-likeness (QED) is 0.461. The van der Waals surface area contributed by atoms with Crippen LogP contribution in [-0.2, 0) is 14.1 Å². The van der Waals surface area contributed by atoms with Crippen LogP contribution in [0.5, 0.6) is 0 Å². The van der Waals surface area contributed by atoms with Gasteiger partial charge in [0.1, 0.15) is 14.1 Å². The molecule has 0 fully saturated rings. The Balaban J connectivity index is 2.08. The summed E-state index contributed by atoms with van der Waals surface area (Å²) in [6, 6.07) is 6.89. The molecule has 0 aliphatic carbocycles. The Kier molecular flexibility index (Phi) is 3.80. The smallest absolute Gasteiger partial charge is 0.171 e. The van der Waals surface area contributed by atoms with Gasteiger partial charge in [-0.25, -0.2) is 9.13 Å². The summed E-state index contributed by atoms with van der Waals surface area (Å²) in [5.41, 5.74) is 1.13. The number of pyridine rings is 2. The van der Waals surface area contributed by atoms with Gasteiger partial charge in [0.25, 0.3) is 0 Å². The first-order valence-electron chi connectivity index (χ1n) is 6.03. The predicted octanol–water partition coefficient (Wildman–Crippen LogP) is 0.791. The number of ketones is 2. The van der Waals surface area contributed by atoms with E-state index in [0.29, 0.717) is 11.1 Å². The number of hydrogen-bond donors (Lipinski definition) is 0. The van der Waals surface area contributed by atoms with E-state index in [1.807, 2.05) is 23.2 Å². The number of nitrogens with zero attached hydrogens (tertiary/aromatic N) is 2. The zero-order chi connectivity index (χ0) is 13.8. The Hall–Kier alpha value is -2.36. The van der Waals surface area contributed by atoms with Crippen molar-refractivity contribution in [3.05, 3.63) is 60.2 Å². The normalized spacial score (nSPS) is 10.2. The summed E-state index contributed by atoms with van der Waals surface area (Å²) in [6.07, 6.45) is 7.07. The van der Waals surface area contributed by atoms with Crippen molar-refractivity contribution in [3.8, 4) is 0 Å². The molecular formula is C15H16N2O2+2. The second-order valence-electron chi connectivity index (χ2n) is 4.53. The molecule has 0 spiro atoms. The summed E-state index contributed by atoms with van der Waals surface area (Å²) < 4.78 is 3.69. The highest BCUT2D eigenvalue weighted by atomic mass is 16.1. The van der Waals surface area contributed by atoms with E-state index < -0.39 is 0 Å². The van der Waals surface area contributed by atoms with Gasteiger partial charge in [-0.3, -0.25) is 9.59 Å². The third-order valence-electron chi connectivity index (χ3n) is 2.92. The van der Waals surface area contributed by atoms with Gasteiger partial charge < -0.3 is 0 Å². The second kappa shape index (κ2) is 5.52. The maximum absolute atomic E-state index is 12.0. The standard InChI is InChI=1S/C15H16N2O2/c1-16-7-3-12(4-8-16)14(18)11-15(19)13-5-9-17(2)10-6-13/h3-10H,11H2,1-2H3/q+2. The van der Waals surface area contributed by atoms with Crippen LogP contribution < -0.4 is 9.13 Å². The van der Waals surface area contributed by atoms with Crippen LogP contribution in [0.15, 0.2) is 49.1 Å². The first kappa shape index (κ1) is 13.1. The number of Topliss-reactive ketones (excluding diaryl/α,β-unsaturated/α-hetero) is 2. The van der Waals surface area contributed by atoms with Crippen molar-refractivity contribution in [2.75, 3.05) is 0 Å². The lowest BCUT2D eigenvalue weighted by atomic mass is 10.0. The lowest BCUT2D eigenvalue weighted by Gasteiger charge is -2.00. The van der Waals surface area contributed by atoms with Crippen molar-refractivity contribution in [2.24, 2.45) is 14.1 Å². The van der Waals surface area contributed by atoms with Crippen molar-refractivity contribution < 1.29 is 18.7 Å². The van der Waals surface area contributed by atoms with Gasteiger partial charge in [0, 0.05) is 35.4 Å². The molecule has 0 saturated carbocycles. The van der Waals surface area contributed by atoms with Crippen LogP contribution >= 0.6 is 0 Å². The molecule has 2 aromatic heterocycles. The number of carbonyl (C=O) groups excluding carboxylic acids is 2. The largest absolute Gasteiger partial charge is 0.294 e. The van der Waals surface area contributed by atoms with Gasteiger partial charge in [-0.2, -0.15) is 0 Å². The molecule has 0 aliphatic rings. The van der Waals surface area contributed by atoms with Gasteiger partial charge in [-0.15, -0.1) is 0 Å². The number of aryl methyl sites for hydroxylation is 2. The van der Waals surface area contributed by atoms with Gasteiger partial charge in [0.2, 0.25) is 0 Å². The Morgan fingerprint density at radius 2 is 1.11 bits per heavy atom. The molecule has 0 bridgehead atoms. The van der Waals surface area contributed by atoms with Gasteiger partial charge >= 0.3 is 0 Å². The van der Waals surface area contributed by atoms with Crippen molar-refractivity contribution in [2.45, 2.75) is 6.42 Å². The minimum Gasteiger partial charge on any atom is -0.294 e. The molecular weight excluding hydrogens is 240 g/mol. The maximum atomic E-state index is 12.0. The van der Waals surface area contributed by atoms with E-state index in [1.54, 1.807) is 49.1 Å². The van der Waals surface area contributed by atoms with Gasteiger partial charge in [-0.1, -0.05) is 0 Å². The van der Waals surface area contributed by atoms with Crippen LogP contribution in [0.4, 0.5) is 0 Å². The Morgan fingerprint density at radius 3 is 1.42 bits per heavy atom. The molecule has 2 heterocycles. The van der Waals surface area contributed by atoms with E-state index >= 15 is 0 Å². The first-order chi connectivity index (χ1) is 9.06. The molecule has 2 aromatic rings. The van der Waals surface area contributed by atoms with E-state index in [4.69, 9.17) is 0 Å². The van der Waals surface area contributed by atoms with Crippen LogP contribution in [0.2, 0.25) is 0 Å². The highest BCUT2D eigenvalue weighted by Gasteiger charge is 2.15. The molecule has 96 valence electrons. The molecule has 0 amide bonds. The fraction of sp³-hybridized carbons (Fsp3) is 0.200. The molecule has 4 nitrogen and oxygen atoms in total. The second-order valence-corrected chi connectivity index (χ2v) is 4.53.